The lowest BCUT2D eigenvalue weighted by Crippen LogP contribution is -2.28. The van der Waals surface area contributed by atoms with Crippen molar-refractivity contribution < 1.29 is 0 Å². The molecule has 12 heavy (non-hydrogen) atoms. The molecule has 0 nitrogen and oxygen atoms in total. The minimum atomic E-state index is 0.621. The standard InChI is InChI=1S/C12H18/c1-12-7-6-9(8-12)10-4-2-3-5-11(10)12/h6-7,9-11H,2-5,8H2,1H3. The largest absolute Gasteiger partial charge is 0.0845 e. The molecule has 0 aromatic heterocycles. The number of rotatable bonds is 0. The molecule has 0 amide bonds. The molecule has 2 bridgehead atoms. The second kappa shape index (κ2) is 2.16. The highest BCUT2D eigenvalue weighted by molar-refractivity contribution is 5.20. The predicted octanol–water partition coefficient (Wildman–Crippen LogP) is 3.39. The Balaban J connectivity index is 1.96. The van der Waals surface area contributed by atoms with Crippen LogP contribution in [0.2, 0.25) is 0 Å². The molecule has 2 saturated carbocycles. The minimum absolute atomic E-state index is 0.621. The highest BCUT2D eigenvalue weighted by Crippen LogP contribution is 2.60. The van der Waals surface area contributed by atoms with Crippen molar-refractivity contribution >= 4 is 0 Å². The van der Waals surface area contributed by atoms with E-state index in [1.165, 1.54) is 32.1 Å². The van der Waals surface area contributed by atoms with E-state index in [9.17, 15) is 0 Å². The van der Waals surface area contributed by atoms with E-state index in [1.807, 2.05) is 0 Å². The van der Waals surface area contributed by atoms with Crippen LogP contribution in [0.4, 0.5) is 0 Å². The molecule has 0 radical (unpaired) electrons. The van der Waals surface area contributed by atoms with Crippen LogP contribution in [0.3, 0.4) is 0 Å². The van der Waals surface area contributed by atoms with Gasteiger partial charge in [0, 0.05) is 0 Å². The molecule has 0 aromatic rings. The maximum absolute atomic E-state index is 2.52. The first kappa shape index (κ1) is 7.17. The summed E-state index contributed by atoms with van der Waals surface area (Å²) in [7, 11) is 0. The quantitative estimate of drug-likeness (QED) is 0.479. The van der Waals surface area contributed by atoms with E-state index in [2.05, 4.69) is 19.1 Å². The van der Waals surface area contributed by atoms with Crippen LogP contribution in [0.5, 0.6) is 0 Å². The van der Waals surface area contributed by atoms with Crippen molar-refractivity contribution in [3.8, 4) is 0 Å². The van der Waals surface area contributed by atoms with Gasteiger partial charge in [0.2, 0.25) is 0 Å². The normalized spacial score (nSPS) is 55.9. The molecule has 0 spiro atoms. The first-order valence-corrected chi connectivity index (χ1v) is 5.49. The Morgan fingerprint density at radius 3 is 2.92 bits per heavy atom. The van der Waals surface area contributed by atoms with E-state index in [4.69, 9.17) is 0 Å². The Kier molecular flexibility index (Phi) is 1.29. The van der Waals surface area contributed by atoms with Crippen LogP contribution in [-0.2, 0) is 0 Å². The molecule has 2 fully saturated rings. The molecule has 3 aliphatic rings. The second-order valence-electron chi connectivity index (χ2n) is 5.29. The van der Waals surface area contributed by atoms with Gasteiger partial charge in [0.15, 0.2) is 0 Å². The maximum atomic E-state index is 2.52. The Morgan fingerprint density at radius 2 is 2.08 bits per heavy atom. The number of allylic oxidation sites excluding steroid dienone is 2. The molecule has 3 rings (SSSR count). The van der Waals surface area contributed by atoms with E-state index >= 15 is 0 Å². The molecule has 66 valence electrons. The molecule has 4 atom stereocenters. The Bertz CT molecular complexity index is 228. The Morgan fingerprint density at radius 1 is 1.25 bits per heavy atom. The van der Waals surface area contributed by atoms with Crippen molar-refractivity contribution in [2.45, 2.75) is 39.0 Å². The molecule has 3 aliphatic carbocycles. The zero-order valence-electron chi connectivity index (χ0n) is 7.92. The number of hydrogen-bond acceptors (Lipinski definition) is 0. The summed E-state index contributed by atoms with van der Waals surface area (Å²) in [6.45, 7) is 2.49. The third-order valence-electron chi connectivity index (χ3n) is 4.62. The maximum Gasteiger partial charge on any atom is -0.0110 e. The Labute approximate surface area is 75.0 Å². The van der Waals surface area contributed by atoms with Crippen molar-refractivity contribution in [1.82, 2.24) is 0 Å². The van der Waals surface area contributed by atoms with Crippen LogP contribution in [0.25, 0.3) is 0 Å². The predicted molar refractivity (Wildman–Crippen MR) is 50.8 cm³/mol. The first-order valence-electron chi connectivity index (χ1n) is 5.49. The Hall–Kier alpha value is -0.260. The average molecular weight is 162 g/mol. The van der Waals surface area contributed by atoms with Crippen LogP contribution in [0.15, 0.2) is 12.2 Å². The van der Waals surface area contributed by atoms with Gasteiger partial charge in [-0.3, -0.25) is 0 Å². The van der Waals surface area contributed by atoms with Gasteiger partial charge < -0.3 is 0 Å². The monoisotopic (exact) mass is 162 g/mol. The van der Waals surface area contributed by atoms with E-state index in [1.54, 1.807) is 0 Å². The summed E-state index contributed by atoms with van der Waals surface area (Å²) in [4.78, 5) is 0. The van der Waals surface area contributed by atoms with Crippen molar-refractivity contribution in [2.75, 3.05) is 0 Å². The lowest BCUT2D eigenvalue weighted by atomic mass is 9.68. The molecule has 0 heteroatoms. The fourth-order valence-corrected chi connectivity index (χ4v) is 4.05. The molecule has 4 unspecified atom stereocenters. The van der Waals surface area contributed by atoms with Crippen molar-refractivity contribution in [1.29, 1.82) is 0 Å². The van der Waals surface area contributed by atoms with Crippen LogP contribution < -0.4 is 0 Å². The molecular formula is C12H18. The topological polar surface area (TPSA) is 0 Å². The van der Waals surface area contributed by atoms with E-state index in [0.29, 0.717) is 5.41 Å². The number of fused-ring (bicyclic) bond motifs is 5. The van der Waals surface area contributed by atoms with Crippen molar-refractivity contribution in [2.24, 2.45) is 23.2 Å². The van der Waals surface area contributed by atoms with Gasteiger partial charge in [-0.25, -0.2) is 0 Å². The average Bonchev–Trinajstić information content (AvgIpc) is 2.60. The second-order valence-corrected chi connectivity index (χ2v) is 5.29. The van der Waals surface area contributed by atoms with Gasteiger partial charge in [0.1, 0.15) is 0 Å². The minimum Gasteiger partial charge on any atom is -0.0845 e. The van der Waals surface area contributed by atoms with Gasteiger partial charge in [-0.1, -0.05) is 31.9 Å². The van der Waals surface area contributed by atoms with Crippen LogP contribution in [-0.4, -0.2) is 0 Å². The van der Waals surface area contributed by atoms with E-state index in [-0.39, 0.29) is 0 Å². The molecule has 0 aliphatic heterocycles. The van der Waals surface area contributed by atoms with Gasteiger partial charge in [-0.2, -0.15) is 0 Å². The van der Waals surface area contributed by atoms with Crippen molar-refractivity contribution in [3.05, 3.63) is 12.2 Å². The first-order chi connectivity index (χ1) is 5.80. The van der Waals surface area contributed by atoms with Gasteiger partial charge in [0.05, 0.1) is 0 Å². The summed E-state index contributed by atoms with van der Waals surface area (Å²) in [5.41, 5.74) is 0.621. The zero-order chi connectivity index (χ0) is 8.18. The summed E-state index contributed by atoms with van der Waals surface area (Å²) in [5, 5.41) is 0. The zero-order valence-corrected chi connectivity index (χ0v) is 7.92. The SMILES string of the molecule is CC12C=CC(C1)C1CCCCC12. The third-order valence-corrected chi connectivity index (χ3v) is 4.62. The molecule has 0 saturated heterocycles. The van der Waals surface area contributed by atoms with Gasteiger partial charge in [-0.15, -0.1) is 0 Å². The van der Waals surface area contributed by atoms with Gasteiger partial charge in [0.25, 0.3) is 0 Å². The molecule has 0 N–H and O–H groups in total. The summed E-state index contributed by atoms with van der Waals surface area (Å²) < 4.78 is 0. The fraction of sp³-hybridized carbons (Fsp3) is 0.833. The lowest BCUT2D eigenvalue weighted by molar-refractivity contribution is 0.172. The molecular weight excluding hydrogens is 144 g/mol. The summed E-state index contributed by atoms with van der Waals surface area (Å²) in [6.07, 6.45) is 12.5. The highest BCUT2D eigenvalue weighted by Gasteiger charge is 2.51. The molecule has 0 heterocycles. The van der Waals surface area contributed by atoms with Crippen LogP contribution in [0.1, 0.15) is 39.0 Å². The van der Waals surface area contributed by atoms with Gasteiger partial charge in [-0.05, 0) is 42.4 Å². The smallest absolute Gasteiger partial charge is 0.0110 e. The van der Waals surface area contributed by atoms with Crippen molar-refractivity contribution in [3.63, 3.8) is 0 Å². The van der Waals surface area contributed by atoms with Crippen LogP contribution in [0, 0.1) is 23.2 Å². The number of hydrogen-bond donors (Lipinski definition) is 0. The summed E-state index contributed by atoms with van der Waals surface area (Å²) in [5.74, 6) is 3.11. The summed E-state index contributed by atoms with van der Waals surface area (Å²) in [6, 6.07) is 0. The van der Waals surface area contributed by atoms with E-state index in [0.717, 1.165) is 17.8 Å². The molecule has 0 aromatic carbocycles. The van der Waals surface area contributed by atoms with E-state index < -0.39 is 0 Å². The highest BCUT2D eigenvalue weighted by atomic mass is 14.6. The van der Waals surface area contributed by atoms with Crippen LogP contribution >= 0.6 is 0 Å². The lowest BCUT2D eigenvalue weighted by Gasteiger charge is -2.37. The third kappa shape index (κ3) is 0.739. The fourth-order valence-electron chi connectivity index (χ4n) is 4.05. The van der Waals surface area contributed by atoms with Gasteiger partial charge >= 0.3 is 0 Å². The summed E-state index contributed by atoms with van der Waals surface area (Å²) >= 11 is 0.